The van der Waals surface area contributed by atoms with Gasteiger partial charge in [0.05, 0.1) is 19.8 Å². The second-order valence-corrected chi connectivity index (χ2v) is 15.5. The molecule has 0 aliphatic heterocycles. The van der Waals surface area contributed by atoms with Crippen molar-refractivity contribution in [1.29, 1.82) is 0 Å². The number of carboxylic acid groups (broad SMARTS) is 1. The Labute approximate surface area is 340 Å². The molecule has 0 saturated heterocycles. The lowest BCUT2D eigenvalue weighted by Crippen LogP contribution is -2.34. The topological polar surface area (TPSA) is 155 Å². The van der Waals surface area contributed by atoms with Crippen molar-refractivity contribution >= 4 is 19.8 Å². The lowest BCUT2D eigenvalue weighted by atomic mass is 10.1. The van der Waals surface area contributed by atoms with Gasteiger partial charge in [0, 0.05) is 13.0 Å². The number of rotatable bonds is 40. The number of aliphatic carboxylic acids is 1. The molecule has 0 radical (unpaired) electrons. The molecule has 11 heteroatoms. The van der Waals surface area contributed by atoms with E-state index in [9.17, 15) is 19.0 Å². The van der Waals surface area contributed by atoms with Gasteiger partial charge in [0.15, 0.2) is 0 Å². The Hall–Kier alpha value is -2.59. The average molecular weight is 808 g/mol. The summed E-state index contributed by atoms with van der Waals surface area (Å²) in [4.78, 5) is 33.5. The molecule has 0 aliphatic carbocycles. The van der Waals surface area contributed by atoms with E-state index in [1.807, 2.05) is 0 Å². The highest BCUT2D eigenvalue weighted by Gasteiger charge is 2.27. The Morgan fingerprint density at radius 1 is 0.589 bits per heavy atom. The van der Waals surface area contributed by atoms with Crippen molar-refractivity contribution in [3.63, 3.8) is 0 Å². The lowest BCUT2D eigenvalue weighted by molar-refractivity contribution is -0.154. The highest BCUT2D eigenvalue weighted by atomic mass is 31.2. The quantitative estimate of drug-likeness (QED) is 0.0236. The SMILES string of the molecule is CC/C=C\C/C=C\C/C=C\C/C=C\C/C=C\CCCCCCCC(=O)OC(COCCCCCCCC/C=C\CCCCC)COP(=O)(O)OCC(N)C(=O)O. The van der Waals surface area contributed by atoms with Gasteiger partial charge in [-0.3, -0.25) is 18.6 Å². The molecule has 0 rings (SSSR count). The second-order valence-electron chi connectivity index (χ2n) is 14.1. The Balaban J connectivity index is 4.30. The molecule has 56 heavy (non-hydrogen) atoms. The minimum Gasteiger partial charge on any atom is -0.480 e. The number of hydrogen-bond donors (Lipinski definition) is 3. The minimum absolute atomic E-state index is 0.000765. The van der Waals surface area contributed by atoms with Crippen LogP contribution >= 0.6 is 7.82 Å². The fraction of sp³-hybridized carbons (Fsp3) is 0.689. The summed E-state index contributed by atoms with van der Waals surface area (Å²) in [7, 11) is -4.63. The number of unbranched alkanes of at least 4 members (excludes halogenated alkanes) is 14. The number of nitrogens with two attached hydrogens (primary N) is 1. The van der Waals surface area contributed by atoms with Crippen molar-refractivity contribution in [1.82, 2.24) is 0 Å². The number of allylic oxidation sites excluding steroid dienone is 12. The predicted octanol–water partition coefficient (Wildman–Crippen LogP) is 11.8. The largest absolute Gasteiger partial charge is 0.480 e. The van der Waals surface area contributed by atoms with Gasteiger partial charge in [-0.2, -0.15) is 0 Å². The zero-order valence-electron chi connectivity index (χ0n) is 35.0. The van der Waals surface area contributed by atoms with Gasteiger partial charge in [0.1, 0.15) is 12.1 Å². The minimum atomic E-state index is -4.63. The molecular weight excluding hydrogens is 729 g/mol. The summed E-state index contributed by atoms with van der Waals surface area (Å²) in [6, 6.07) is -1.48. The first-order valence-corrected chi connectivity index (χ1v) is 23.0. The fourth-order valence-electron chi connectivity index (χ4n) is 5.39. The van der Waals surface area contributed by atoms with Crippen molar-refractivity contribution < 1.29 is 42.7 Å². The molecule has 0 bridgehead atoms. The van der Waals surface area contributed by atoms with Crippen molar-refractivity contribution in [2.45, 2.75) is 174 Å². The van der Waals surface area contributed by atoms with E-state index in [1.165, 1.54) is 44.9 Å². The van der Waals surface area contributed by atoms with Gasteiger partial charge in [-0.15, -0.1) is 0 Å². The summed E-state index contributed by atoms with van der Waals surface area (Å²) in [6.07, 6.45) is 49.5. The van der Waals surface area contributed by atoms with Crippen LogP contribution in [0.5, 0.6) is 0 Å². The first kappa shape index (κ1) is 53.4. The van der Waals surface area contributed by atoms with E-state index in [2.05, 4.69) is 86.8 Å². The van der Waals surface area contributed by atoms with Crippen molar-refractivity contribution in [3.8, 4) is 0 Å². The zero-order valence-corrected chi connectivity index (χ0v) is 35.8. The Morgan fingerprint density at radius 2 is 1.04 bits per heavy atom. The summed E-state index contributed by atoms with van der Waals surface area (Å²) in [5.74, 6) is -1.81. The van der Waals surface area contributed by atoms with Gasteiger partial charge in [-0.1, -0.05) is 145 Å². The number of phosphoric acid groups is 1. The van der Waals surface area contributed by atoms with Crippen LogP contribution in [0.1, 0.15) is 162 Å². The van der Waals surface area contributed by atoms with E-state index in [4.69, 9.17) is 29.4 Å². The van der Waals surface area contributed by atoms with Crippen LogP contribution < -0.4 is 5.73 Å². The summed E-state index contributed by atoms with van der Waals surface area (Å²) in [5.41, 5.74) is 5.35. The summed E-state index contributed by atoms with van der Waals surface area (Å²) in [5, 5.41) is 8.89. The monoisotopic (exact) mass is 808 g/mol. The van der Waals surface area contributed by atoms with Crippen LogP contribution in [0.3, 0.4) is 0 Å². The first-order chi connectivity index (χ1) is 27.2. The maximum absolute atomic E-state index is 12.6. The third-order valence-corrected chi connectivity index (χ3v) is 9.67. The number of hydrogen-bond acceptors (Lipinski definition) is 8. The van der Waals surface area contributed by atoms with Gasteiger partial charge >= 0.3 is 19.8 Å². The van der Waals surface area contributed by atoms with Crippen molar-refractivity contribution in [3.05, 3.63) is 72.9 Å². The zero-order chi connectivity index (χ0) is 41.2. The summed E-state index contributed by atoms with van der Waals surface area (Å²) in [6.45, 7) is 3.69. The normalized spacial score (nSPS) is 14.6. The molecule has 0 saturated carbocycles. The molecule has 0 aromatic carbocycles. The number of ether oxygens (including phenoxy) is 2. The van der Waals surface area contributed by atoms with Gasteiger partial charge in [0.2, 0.25) is 0 Å². The smallest absolute Gasteiger partial charge is 0.472 e. The highest BCUT2D eigenvalue weighted by Crippen LogP contribution is 2.43. The molecule has 0 amide bonds. The Morgan fingerprint density at radius 3 is 1.57 bits per heavy atom. The standard InChI is InChI=1S/C45H78NO9P/c1-3-5-7-9-11-13-15-17-18-19-20-21-22-23-24-25-27-29-31-33-35-37-44(47)55-42(40-53-56(50,51)54-41-43(46)45(48)49)39-52-38-36-34-32-30-28-26-16-14-12-10-8-6-4-2/h5,7,11-14,17-18,20-21,23-24,42-43H,3-4,6,8-10,15-16,19,22,25-41,46H2,1-2H3,(H,48,49)(H,50,51)/b7-5-,13-11-,14-12-,18-17-,21-20-,24-23-. The predicted molar refractivity (Wildman–Crippen MR) is 230 cm³/mol. The molecule has 0 heterocycles. The molecule has 3 atom stereocenters. The first-order valence-electron chi connectivity index (χ1n) is 21.5. The van der Waals surface area contributed by atoms with Gasteiger partial charge in [-0.05, 0) is 83.5 Å². The van der Waals surface area contributed by atoms with Crippen LogP contribution in [0, 0.1) is 0 Å². The van der Waals surface area contributed by atoms with Crippen LogP contribution in [-0.4, -0.2) is 60.5 Å². The van der Waals surface area contributed by atoms with E-state index in [1.54, 1.807) is 0 Å². The van der Waals surface area contributed by atoms with Gasteiger partial charge in [-0.25, -0.2) is 4.57 Å². The van der Waals surface area contributed by atoms with Crippen molar-refractivity contribution in [2.75, 3.05) is 26.4 Å². The Bertz CT molecular complexity index is 1160. The third kappa shape index (κ3) is 39.6. The summed E-state index contributed by atoms with van der Waals surface area (Å²) < 4.78 is 33.3. The van der Waals surface area contributed by atoms with Crippen LogP contribution in [0.15, 0.2) is 72.9 Å². The van der Waals surface area contributed by atoms with E-state index < -0.39 is 45.1 Å². The molecule has 0 aromatic rings. The maximum Gasteiger partial charge on any atom is 0.472 e. The van der Waals surface area contributed by atoms with E-state index >= 15 is 0 Å². The Kier molecular flexibility index (Phi) is 38.7. The number of carbonyl (C=O) groups excluding carboxylic acids is 1. The number of phosphoric ester groups is 1. The fourth-order valence-corrected chi connectivity index (χ4v) is 6.17. The number of carbonyl (C=O) groups is 2. The molecule has 0 spiro atoms. The van der Waals surface area contributed by atoms with Crippen LogP contribution in [0.2, 0.25) is 0 Å². The molecule has 3 unspecified atom stereocenters. The molecule has 0 aliphatic rings. The molecule has 0 fully saturated rings. The van der Waals surface area contributed by atoms with Crippen LogP contribution in [0.4, 0.5) is 0 Å². The lowest BCUT2D eigenvalue weighted by Gasteiger charge is -2.20. The number of carboxylic acids is 1. The molecular formula is C45H78NO9P. The molecule has 4 N–H and O–H groups in total. The number of esters is 1. The highest BCUT2D eigenvalue weighted by molar-refractivity contribution is 7.47. The molecule has 10 nitrogen and oxygen atoms in total. The molecule has 0 aromatic heterocycles. The van der Waals surface area contributed by atoms with E-state index in [0.29, 0.717) is 13.0 Å². The van der Waals surface area contributed by atoms with Gasteiger partial charge in [0.25, 0.3) is 0 Å². The van der Waals surface area contributed by atoms with Crippen LogP contribution in [0.25, 0.3) is 0 Å². The maximum atomic E-state index is 12.6. The average Bonchev–Trinajstić information content (AvgIpc) is 3.18. The second kappa shape index (κ2) is 40.6. The third-order valence-electron chi connectivity index (χ3n) is 8.72. The van der Waals surface area contributed by atoms with Crippen molar-refractivity contribution in [2.24, 2.45) is 5.73 Å². The summed E-state index contributed by atoms with van der Waals surface area (Å²) >= 11 is 0. The van der Waals surface area contributed by atoms with E-state index in [0.717, 1.165) is 89.9 Å². The van der Waals surface area contributed by atoms with Crippen LogP contribution in [-0.2, 0) is 32.7 Å². The molecule has 322 valence electrons. The van der Waals surface area contributed by atoms with E-state index in [-0.39, 0.29) is 13.0 Å². The van der Waals surface area contributed by atoms with Gasteiger partial charge < -0.3 is 25.2 Å².